The number of pyridine rings is 1. The largest absolute Gasteiger partial charge is 0.490 e. The number of carbonyl (C=O) groups excluding carboxylic acids is 1. The first-order valence-corrected chi connectivity index (χ1v) is 14.8. The van der Waals surface area contributed by atoms with E-state index in [1.165, 1.54) is 16.2 Å². The van der Waals surface area contributed by atoms with Gasteiger partial charge in [0.15, 0.2) is 0 Å². The SMILES string of the molecule is CC(C)Oc1cc2nn(C3CCC(COCc4ccccc4)CC3)cc2cc1C(=O)Nc1cccn([C@@H]2C[C@@H]2F)c1=O. The molecule has 6 rings (SSSR count). The van der Waals surface area contributed by atoms with E-state index >= 15 is 0 Å². The Morgan fingerprint density at radius 3 is 2.57 bits per heavy atom. The van der Waals surface area contributed by atoms with E-state index < -0.39 is 23.7 Å². The number of alkyl halides is 1. The predicted octanol–water partition coefficient (Wildman–Crippen LogP) is 6.47. The predicted molar refractivity (Wildman–Crippen MR) is 160 cm³/mol. The molecule has 1 N–H and O–H groups in total. The number of nitrogens with zero attached hydrogens (tertiary/aromatic N) is 3. The number of aromatic nitrogens is 3. The van der Waals surface area contributed by atoms with Crippen molar-refractivity contribution in [2.24, 2.45) is 5.92 Å². The van der Waals surface area contributed by atoms with Crippen LogP contribution in [0, 0.1) is 5.92 Å². The zero-order chi connectivity index (χ0) is 29.2. The van der Waals surface area contributed by atoms with Crippen molar-refractivity contribution in [3.05, 3.63) is 88.5 Å². The number of fused-ring (bicyclic) bond motifs is 1. The van der Waals surface area contributed by atoms with Crippen molar-refractivity contribution in [1.82, 2.24) is 14.3 Å². The van der Waals surface area contributed by atoms with E-state index in [1.54, 1.807) is 24.4 Å². The molecule has 2 saturated carbocycles. The molecule has 9 heteroatoms. The van der Waals surface area contributed by atoms with Gasteiger partial charge in [0.2, 0.25) is 0 Å². The molecule has 0 spiro atoms. The van der Waals surface area contributed by atoms with Gasteiger partial charge in [0.05, 0.1) is 35.9 Å². The van der Waals surface area contributed by atoms with Crippen molar-refractivity contribution in [3.8, 4) is 5.75 Å². The second-order valence-electron chi connectivity index (χ2n) is 11.8. The van der Waals surface area contributed by atoms with Gasteiger partial charge in [-0.25, -0.2) is 4.39 Å². The summed E-state index contributed by atoms with van der Waals surface area (Å²) in [6, 6.07) is 16.8. The maximum atomic E-state index is 13.6. The number of halogens is 1. The van der Waals surface area contributed by atoms with Crippen molar-refractivity contribution in [2.75, 3.05) is 11.9 Å². The number of carbonyl (C=O) groups is 1. The molecule has 2 aliphatic carbocycles. The van der Waals surface area contributed by atoms with Crippen LogP contribution in [0.4, 0.5) is 10.1 Å². The Morgan fingerprint density at radius 1 is 1.10 bits per heavy atom. The molecule has 2 fully saturated rings. The van der Waals surface area contributed by atoms with Crippen LogP contribution in [-0.4, -0.2) is 39.1 Å². The molecule has 0 radical (unpaired) electrons. The van der Waals surface area contributed by atoms with Crippen LogP contribution < -0.4 is 15.6 Å². The molecular formula is C33H37FN4O4. The van der Waals surface area contributed by atoms with E-state index in [2.05, 4.69) is 17.4 Å². The van der Waals surface area contributed by atoms with Crippen LogP contribution in [0.1, 0.15) is 74.0 Å². The topological polar surface area (TPSA) is 87.4 Å². The number of anilines is 1. The first kappa shape index (κ1) is 28.2. The summed E-state index contributed by atoms with van der Waals surface area (Å²) >= 11 is 0. The summed E-state index contributed by atoms with van der Waals surface area (Å²) in [6.07, 6.45) is 6.84. The van der Waals surface area contributed by atoms with Gasteiger partial charge in [0.25, 0.3) is 11.5 Å². The molecule has 1 amide bonds. The molecule has 0 saturated heterocycles. The minimum Gasteiger partial charge on any atom is -0.490 e. The van der Waals surface area contributed by atoms with Crippen molar-refractivity contribution in [1.29, 1.82) is 0 Å². The summed E-state index contributed by atoms with van der Waals surface area (Å²) < 4.78 is 29.0. The van der Waals surface area contributed by atoms with Gasteiger partial charge in [0.1, 0.15) is 17.6 Å². The zero-order valence-electron chi connectivity index (χ0n) is 24.0. The lowest BCUT2D eigenvalue weighted by Gasteiger charge is -2.28. The summed E-state index contributed by atoms with van der Waals surface area (Å²) in [5, 5.41) is 8.42. The fourth-order valence-corrected chi connectivity index (χ4v) is 5.78. The Kier molecular flexibility index (Phi) is 8.11. The monoisotopic (exact) mass is 572 g/mol. The van der Waals surface area contributed by atoms with Gasteiger partial charge in [-0.3, -0.25) is 14.3 Å². The molecule has 0 bridgehead atoms. The van der Waals surface area contributed by atoms with Gasteiger partial charge in [-0.15, -0.1) is 0 Å². The Labute approximate surface area is 244 Å². The second kappa shape index (κ2) is 12.1. The lowest BCUT2D eigenvalue weighted by atomic mass is 9.86. The number of ether oxygens (including phenoxy) is 2. The van der Waals surface area contributed by atoms with Gasteiger partial charge < -0.3 is 19.4 Å². The van der Waals surface area contributed by atoms with Crippen molar-refractivity contribution >= 4 is 22.5 Å². The lowest BCUT2D eigenvalue weighted by molar-refractivity contribution is 0.0671. The molecular weight excluding hydrogens is 535 g/mol. The number of nitrogens with one attached hydrogen (secondary N) is 1. The van der Waals surface area contributed by atoms with Crippen LogP contribution in [0.2, 0.25) is 0 Å². The summed E-state index contributed by atoms with van der Waals surface area (Å²) in [7, 11) is 0. The molecule has 2 aromatic carbocycles. The first-order chi connectivity index (χ1) is 20.4. The number of rotatable bonds is 10. The summed E-state index contributed by atoms with van der Waals surface area (Å²) in [4.78, 5) is 26.3. The van der Waals surface area contributed by atoms with E-state index in [0.717, 1.165) is 43.2 Å². The number of benzene rings is 2. The summed E-state index contributed by atoms with van der Waals surface area (Å²) in [6.45, 7) is 5.19. The van der Waals surface area contributed by atoms with E-state index in [9.17, 15) is 14.0 Å². The van der Waals surface area contributed by atoms with Gasteiger partial charge >= 0.3 is 0 Å². The molecule has 2 aliphatic rings. The van der Waals surface area contributed by atoms with Crippen LogP contribution in [0.5, 0.6) is 5.75 Å². The third-order valence-electron chi connectivity index (χ3n) is 8.15. The number of amides is 1. The van der Waals surface area contributed by atoms with Gasteiger partial charge in [-0.2, -0.15) is 5.10 Å². The fourth-order valence-electron chi connectivity index (χ4n) is 5.78. The standard InChI is InChI=1S/C33H37FN4O4/c1-21(2)42-31-17-29-24(15-26(31)32(39)35-28-9-6-14-37(33(28)40)30-16-27(30)34)18-38(36-29)25-12-10-23(11-13-25)20-41-19-22-7-4-3-5-8-22/h3-9,14-15,17-18,21,23,25,27,30H,10-13,16,19-20H2,1-2H3,(H,35,39)/t23?,25?,27-,30+/m0/s1. The molecule has 0 unspecified atom stereocenters. The third kappa shape index (κ3) is 6.26. The molecule has 8 nitrogen and oxygen atoms in total. The van der Waals surface area contributed by atoms with Crippen molar-refractivity contribution < 1.29 is 18.7 Å². The van der Waals surface area contributed by atoms with E-state index in [0.29, 0.717) is 30.3 Å². The minimum absolute atomic E-state index is 0.109. The van der Waals surface area contributed by atoms with Crippen LogP contribution >= 0.6 is 0 Å². The highest BCUT2D eigenvalue weighted by molar-refractivity contribution is 6.08. The van der Waals surface area contributed by atoms with Crippen molar-refractivity contribution in [2.45, 2.75) is 76.9 Å². The fraction of sp³-hybridized carbons (Fsp3) is 0.424. The van der Waals surface area contributed by atoms with Crippen LogP contribution in [0.3, 0.4) is 0 Å². The average Bonchev–Trinajstić information content (AvgIpc) is 3.56. The highest BCUT2D eigenvalue weighted by Crippen LogP contribution is 2.38. The van der Waals surface area contributed by atoms with E-state index in [4.69, 9.17) is 14.6 Å². The Hall–Kier alpha value is -3.98. The van der Waals surface area contributed by atoms with Crippen LogP contribution in [0.15, 0.2) is 71.8 Å². The van der Waals surface area contributed by atoms with Crippen LogP contribution in [0.25, 0.3) is 10.9 Å². The summed E-state index contributed by atoms with van der Waals surface area (Å²) in [5.41, 5.74) is 1.95. The zero-order valence-corrected chi connectivity index (χ0v) is 24.0. The lowest BCUT2D eigenvalue weighted by Crippen LogP contribution is -2.26. The minimum atomic E-state index is -1.03. The third-order valence-corrected chi connectivity index (χ3v) is 8.15. The van der Waals surface area contributed by atoms with Gasteiger partial charge in [-0.1, -0.05) is 30.3 Å². The molecule has 2 atom stereocenters. The second-order valence-corrected chi connectivity index (χ2v) is 11.8. The van der Waals surface area contributed by atoms with Crippen molar-refractivity contribution in [3.63, 3.8) is 0 Å². The molecule has 220 valence electrons. The average molecular weight is 573 g/mol. The highest BCUT2D eigenvalue weighted by Gasteiger charge is 2.40. The quantitative estimate of drug-likeness (QED) is 0.235. The maximum absolute atomic E-state index is 13.6. The molecule has 0 aliphatic heterocycles. The Balaban J connectivity index is 1.15. The number of hydrogen-bond acceptors (Lipinski definition) is 5. The van der Waals surface area contributed by atoms with E-state index in [1.807, 2.05) is 42.9 Å². The molecule has 42 heavy (non-hydrogen) atoms. The first-order valence-electron chi connectivity index (χ1n) is 14.8. The maximum Gasteiger partial charge on any atom is 0.274 e. The molecule has 2 heterocycles. The van der Waals surface area contributed by atoms with Crippen LogP contribution in [-0.2, 0) is 11.3 Å². The van der Waals surface area contributed by atoms with E-state index in [-0.39, 0.29) is 17.8 Å². The summed E-state index contributed by atoms with van der Waals surface area (Å²) in [5.74, 6) is 0.482. The molecule has 2 aromatic heterocycles. The smallest absolute Gasteiger partial charge is 0.274 e. The highest BCUT2D eigenvalue weighted by atomic mass is 19.1. The normalized spacial score (nSPS) is 21.9. The number of hydrogen-bond donors (Lipinski definition) is 1. The van der Waals surface area contributed by atoms with Gasteiger partial charge in [-0.05, 0) is 69.2 Å². The van der Waals surface area contributed by atoms with Gasteiger partial charge in [0, 0.05) is 36.9 Å². The molecule has 4 aromatic rings. The Bertz CT molecular complexity index is 1610. The Morgan fingerprint density at radius 2 is 1.86 bits per heavy atom.